The summed E-state index contributed by atoms with van der Waals surface area (Å²) in [5, 5.41) is 0. The van der Waals surface area contributed by atoms with Gasteiger partial charge in [-0.3, -0.25) is 4.48 Å². The maximum absolute atomic E-state index is 5.50. The molecule has 0 amide bonds. The Morgan fingerprint density at radius 1 is 1.35 bits per heavy atom. The first-order chi connectivity index (χ1) is 8.03. The van der Waals surface area contributed by atoms with Gasteiger partial charge in [-0.2, -0.15) is 0 Å². The van der Waals surface area contributed by atoms with Gasteiger partial charge in [0.15, 0.2) is 6.17 Å². The van der Waals surface area contributed by atoms with Crippen molar-refractivity contribution in [1.82, 2.24) is 4.90 Å². The Morgan fingerprint density at radius 2 is 2.06 bits per heavy atom. The van der Waals surface area contributed by atoms with E-state index in [1.54, 1.807) is 0 Å². The zero-order valence-electron chi connectivity index (χ0n) is 12.1. The average molecular weight is 241 g/mol. The Kier molecular flexibility index (Phi) is 5.47. The van der Waals surface area contributed by atoms with E-state index in [0.29, 0.717) is 12.1 Å². The third-order valence-corrected chi connectivity index (χ3v) is 3.53. The minimum Gasteiger partial charge on any atom is -0.376 e. The van der Waals surface area contributed by atoms with Gasteiger partial charge in [0, 0.05) is 19.6 Å². The fourth-order valence-electron chi connectivity index (χ4n) is 2.66. The van der Waals surface area contributed by atoms with E-state index in [2.05, 4.69) is 52.0 Å². The van der Waals surface area contributed by atoms with Gasteiger partial charge in [0.05, 0.1) is 19.9 Å². The maximum atomic E-state index is 5.50. The summed E-state index contributed by atoms with van der Waals surface area (Å²) in [6.45, 7) is 12.8. The first kappa shape index (κ1) is 14.5. The molecule has 0 aliphatic carbocycles. The van der Waals surface area contributed by atoms with Gasteiger partial charge in [0.2, 0.25) is 0 Å². The molecule has 0 saturated carbocycles. The smallest absolute Gasteiger partial charge is 0.168 e. The zero-order chi connectivity index (χ0) is 12.9. The first-order valence-corrected chi connectivity index (χ1v) is 6.91. The lowest BCUT2D eigenvalue weighted by atomic mass is 10.2. The summed E-state index contributed by atoms with van der Waals surface area (Å²) < 4.78 is 6.49. The summed E-state index contributed by atoms with van der Waals surface area (Å²) in [4.78, 5) is 2.50. The van der Waals surface area contributed by atoms with Crippen LogP contribution in [0.4, 0.5) is 0 Å². The van der Waals surface area contributed by atoms with Crippen LogP contribution in [0.3, 0.4) is 0 Å². The van der Waals surface area contributed by atoms with Crippen molar-refractivity contribution in [2.45, 2.75) is 40.3 Å². The van der Waals surface area contributed by atoms with Crippen LogP contribution in [0.15, 0.2) is 12.4 Å². The van der Waals surface area contributed by atoms with Gasteiger partial charge in [-0.05, 0) is 12.8 Å². The molecule has 2 atom stereocenters. The zero-order valence-corrected chi connectivity index (χ0v) is 12.1. The molecule has 0 aromatic carbocycles. The van der Waals surface area contributed by atoms with Crippen molar-refractivity contribution in [2.75, 3.05) is 33.4 Å². The van der Waals surface area contributed by atoms with Crippen LogP contribution in [-0.4, -0.2) is 48.9 Å². The topological polar surface area (TPSA) is 12.5 Å². The molecule has 3 nitrogen and oxygen atoms in total. The van der Waals surface area contributed by atoms with Crippen LogP contribution in [0.5, 0.6) is 0 Å². The molecular formula is C14H29N2O+. The van der Waals surface area contributed by atoms with Crippen LogP contribution in [0, 0.1) is 5.92 Å². The summed E-state index contributed by atoms with van der Waals surface area (Å²) >= 11 is 0. The lowest BCUT2D eigenvalue weighted by Gasteiger charge is -2.38. The predicted molar refractivity (Wildman–Crippen MR) is 72.3 cm³/mol. The summed E-state index contributed by atoms with van der Waals surface area (Å²) in [7, 11) is 2.31. The summed E-state index contributed by atoms with van der Waals surface area (Å²) in [5.41, 5.74) is 0. The molecule has 1 unspecified atom stereocenters. The highest BCUT2D eigenvalue weighted by Gasteiger charge is 2.37. The van der Waals surface area contributed by atoms with Crippen molar-refractivity contribution in [3.05, 3.63) is 12.4 Å². The molecule has 0 saturated heterocycles. The molecule has 17 heavy (non-hydrogen) atoms. The second-order valence-corrected chi connectivity index (χ2v) is 5.55. The second-order valence-electron chi connectivity index (χ2n) is 5.55. The maximum Gasteiger partial charge on any atom is 0.168 e. The van der Waals surface area contributed by atoms with Crippen LogP contribution in [-0.2, 0) is 4.74 Å². The normalized spacial score (nSPS) is 28.4. The highest BCUT2D eigenvalue weighted by Crippen LogP contribution is 2.26. The van der Waals surface area contributed by atoms with Crippen molar-refractivity contribution in [2.24, 2.45) is 5.92 Å². The lowest BCUT2D eigenvalue weighted by Crippen LogP contribution is -2.52. The van der Waals surface area contributed by atoms with Crippen molar-refractivity contribution in [3.63, 3.8) is 0 Å². The minimum atomic E-state index is 0.581. The average Bonchev–Trinajstić information content (AvgIpc) is 2.55. The summed E-state index contributed by atoms with van der Waals surface area (Å²) in [6, 6.07) is 0. The van der Waals surface area contributed by atoms with Crippen LogP contribution < -0.4 is 0 Å². The van der Waals surface area contributed by atoms with Crippen LogP contribution in [0.2, 0.25) is 0 Å². The third-order valence-electron chi connectivity index (χ3n) is 3.53. The fraction of sp³-hybridized carbons (Fsp3) is 0.857. The SMILES string of the molecule is CCOCC[N@@+]1(C)C=CN(CC(C)C)C1CC. The number of quaternary nitrogens is 1. The highest BCUT2D eigenvalue weighted by molar-refractivity contribution is 4.87. The molecule has 1 rings (SSSR count). The third kappa shape index (κ3) is 3.71. The molecule has 0 aromatic rings. The number of likely N-dealkylation sites (N-methyl/N-ethyl adjacent to an activating group) is 1. The molecule has 0 spiro atoms. The van der Waals surface area contributed by atoms with Gasteiger partial charge >= 0.3 is 0 Å². The van der Waals surface area contributed by atoms with Gasteiger partial charge < -0.3 is 9.64 Å². The monoisotopic (exact) mass is 241 g/mol. The van der Waals surface area contributed by atoms with Crippen molar-refractivity contribution < 1.29 is 9.22 Å². The molecule has 100 valence electrons. The van der Waals surface area contributed by atoms with Gasteiger partial charge in [-0.25, -0.2) is 0 Å². The highest BCUT2D eigenvalue weighted by atomic mass is 16.5. The van der Waals surface area contributed by atoms with E-state index < -0.39 is 0 Å². The number of rotatable bonds is 7. The summed E-state index contributed by atoms with van der Waals surface area (Å²) in [6.07, 6.45) is 6.37. The Bertz CT molecular complexity index is 253. The number of hydrogen-bond acceptors (Lipinski definition) is 2. The van der Waals surface area contributed by atoms with Crippen LogP contribution in [0.25, 0.3) is 0 Å². The molecule has 0 aromatic heterocycles. The van der Waals surface area contributed by atoms with Crippen LogP contribution in [0.1, 0.15) is 34.1 Å². The first-order valence-electron chi connectivity index (χ1n) is 6.91. The standard InChI is InChI=1S/C14H29N2O/c1-6-14-15(12-13(3)4)8-9-16(14,5)10-11-17-7-2/h8-9,13-14H,6-7,10-12H2,1-5H3/q+1/t14?,16-/m1/s1. The van der Waals surface area contributed by atoms with E-state index in [4.69, 9.17) is 4.74 Å². The molecule has 0 fully saturated rings. The largest absolute Gasteiger partial charge is 0.376 e. The minimum absolute atomic E-state index is 0.581. The van der Waals surface area contributed by atoms with Crippen LogP contribution >= 0.6 is 0 Å². The Balaban J connectivity index is 2.58. The van der Waals surface area contributed by atoms with E-state index in [-0.39, 0.29) is 0 Å². The van der Waals surface area contributed by atoms with E-state index >= 15 is 0 Å². The molecule has 0 N–H and O–H groups in total. The van der Waals surface area contributed by atoms with E-state index in [9.17, 15) is 0 Å². The molecule has 3 heteroatoms. The number of nitrogens with zero attached hydrogens (tertiary/aromatic N) is 2. The quantitative estimate of drug-likeness (QED) is 0.502. The van der Waals surface area contributed by atoms with Gasteiger partial charge in [-0.15, -0.1) is 0 Å². The van der Waals surface area contributed by atoms with Gasteiger partial charge in [0.25, 0.3) is 0 Å². The van der Waals surface area contributed by atoms with Crippen molar-refractivity contribution in [3.8, 4) is 0 Å². The Morgan fingerprint density at radius 3 is 2.59 bits per heavy atom. The van der Waals surface area contributed by atoms with E-state index in [0.717, 1.165) is 30.8 Å². The molecule has 1 aliphatic rings. The van der Waals surface area contributed by atoms with Gasteiger partial charge in [-0.1, -0.05) is 20.8 Å². The number of ether oxygens (including phenoxy) is 1. The lowest BCUT2D eigenvalue weighted by molar-refractivity contribution is -0.889. The molecule has 0 radical (unpaired) electrons. The van der Waals surface area contributed by atoms with E-state index in [1.807, 2.05) is 0 Å². The molecule has 1 aliphatic heterocycles. The number of hydrogen-bond donors (Lipinski definition) is 0. The Hall–Kier alpha value is -0.540. The summed E-state index contributed by atoms with van der Waals surface area (Å²) in [5.74, 6) is 0.715. The van der Waals surface area contributed by atoms with Gasteiger partial charge in [0.1, 0.15) is 12.7 Å². The fourth-order valence-corrected chi connectivity index (χ4v) is 2.66. The molecule has 1 heterocycles. The van der Waals surface area contributed by atoms with Crippen molar-refractivity contribution >= 4 is 0 Å². The van der Waals surface area contributed by atoms with E-state index in [1.165, 1.54) is 6.42 Å². The predicted octanol–water partition coefficient (Wildman–Crippen LogP) is 2.65. The molecule has 0 bridgehead atoms. The molecular weight excluding hydrogens is 212 g/mol. The second kappa shape index (κ2) is 6.41. The Labute approximate surface area is 107 Å². The van der Waals surface area contributed by atoms with Crippen molar-refractivity contribution in [1.29, 1.82) is 0 Å².